The molecule has 0 spiro atoms. The number of nitrogens with zero attached hydrogens (tertiary/aromatic N) is 1. The Bertz CT molecular complexity index is 869. The van der Waals surface area contributed by atoms with Crippen LogP contribution in [0.2, 0.25) is 5.02 Å². The van der Waals surface area contributed by atoms with Gasteiger partial charge in [0.1, 0.15) is 18.3 Å². The molecule has 3 aromatic rings. The zero-order valence-corrected chi connectivity index (χ0v) is 14.8. The number of carbonyl (C=O) groups is 2. The number of aldehydes is 2. The normalized spacial score (nSPS) is 10.2. The second-order valence-corrected chi connectivity index (χ2v) is 6.01. The van der Waals surface area contributed by atoms with Gasteiger partial charge in [0.2, 0.25) is 0 Å². The molecule has 0 aliphatic heterocycles. The highest BCUT2D eigenvalue weighted by Crippen LogP contribution is 2.41. The monoisotopic (exact) mass is 365 g/mol. The zero-order valence-electron chi connectivity index (χ0n) is 14.1. The van der Waals surface area contributed by atoms with E-state index in [0.717, 1.165) is 29.6 Å². The molecule has 5 heteroatoms. The van der Waals surface area contributed by atoms with Gasteiger partial charge in [0.25, 0.3) is 0 Å². The number of methoxy groups -OCH3 is 1. The average Bonchev–Trinajstić information content (AvgIpc) is 2.69. The van der Waals surface area contributed by atoms with Crippen LogP contribution in [-0.4, -0.2) is 19.7 Å². The van der Waals surface area contributed by atoms with Crippen molar-refractivity contribution < 1.29 is 14.3 Å². The summed E-state index contributed by atoms with van der Waals surface area (Å²) in [7, 11) is 1.59. The van der Waals surface area contributed by atoms with Crippen LogP contribution in [0, 0.1) is 0 Å². The zero-order chi connectivity index (χ0) is 18.5. The fraction of sp³-hybridized carbons (Fsp3) is 0.0476. The van der Waals surface area contributed by atoms with E-state index in [0.29, 0.717) is 21.9 Å². The Hall–Kier alpha value is -3.11. The van der Waals surface area contributed by atoms with Gasteiger partial charge in [-0.1, -0.05) is 11.6 Å². The minimum atomic E-state index is 0.569. The number of halogens is 1. The highest BCUT2D eigenvalue weighted by molar-refractivity contribution is 6.31. The van der Waals surface area contributed by atoms with Gasteiger partial charge in [-0.05, 0) is 66.7 Å². The number of rotatable bonds is 6. The Morgan fingerprint density at radius 3 is 1.73 bits per heavy atom. The lowest BCUT2D eigenvalue weighted by molar-refractivity contribution is 0.111. The topological polar surface area (TPSA) is 46.6 Å². The van der Waals surface area contributed by atoms with Gasteiger partial charge in [-0.25, -0.2) is 0 Å². The SMILES string of the molecule is COc1ccc(Cl)cc1N(c1ccc(C=O)cc1)c1ccc(C=O)cc1. The second kappa shape index (κ2) is 7.85. The van der Waals surface area contributed by atoms with Crippen LogP contribution in [0.5, 0.6) is 5.75 Å². The molecule has 0 N–H and O–H groups in total. The van der Waals surface area contributed by atoms with E-state index in [4.69, 9.17) is 16.3 Å². The van der Waals surface area contributed by atoms with Crippen molar-refractivity contribution in [3.05, 3.63) is 82.9 Å². The molecule has 0 fully saturated rings. The summed E-state index contributed by atoms with van der Waals surface area (Å²) in [6.07, 6.45) is 1.60. The Morgan fingerprint density at radius 2 is 1.31 bits per heavy atom. The number of hydrogen-bond acceptors (Lipinski definition) is 4. The third-order valence-corrected chi connectivity index (χ3v) is 4.19. The van der Waals surface area contributed by atoms with Crippen molar-refractivity contribution in [3.8, 4) is 5.75 Å². The third-order valence-electron chi connectivity index (χ3n) is 3.96. The maximum absolute atomic E-state index is 11.0. The second-order valence-electron chi connectivity index (χ2n) is 5.57. The summed E-state index contributed by atoms with van der Waals surface area (Å²) in [6.45, 7) is 0. The van der Waals surface area contributed by atoms with Gasteiger partial charge in [0.15, 0.2) is 0 Å². The molecule has 3 rings (SSSR count). The highest BCUT2D eigenvalue weighted by atomic mass is 35.5. The van der Waals surface area contributed by atoms with E-state index in [1.165, 1.54) is 0 Å². The molecule has 3 aromatic carbocycles. The first-order valence-electron chi connectivity index (χ1n) is 7.90. The molecule has 0 heterocycles. The van der Waals surface area contributed by atoms with E-state index < -0.39 is 0 Å². The first-order valence-corrected chi connectivity index (χ1v) is 8.28. The first kappa shape index (κ1) is 17.7. The van der Waals surface area contributed by atoms with Crippen molar-refractivity contribution >= 4 is 41.2 Å². The summed E-state index contributed by atoms with van der Waals surface area (Å²) in [5, 5.41) is 0.569. The number of carbonyl (C=O) groups excluding carboxylic acids is 2. The lowest BCUT2D eigenvalue weighted by atomic mass is 10.1. The van der Waals surface area contributed by atoms with E-state index in [9.17, 15) is 9.59 Å². The van der Waals surface area contributed by atoms with Crippen LogP contribution >= 0.6 is 11.6 Å². The minimum Gasteiger partial charge on any atom is -0.495 e. The maximum Gasteiger partial charge on any atom is 0.150 e. The minimum absolute atomic E-state index is 0.569. The number of benzene rings is 3. The average molecular weight is 366 g/mol. The molecule has 0 radical (unpaired) electrons. The van der Waals surface area contributed by atoms with Gasteiger partial charge in [-0.3, -0.25) is 9.59 Å². The molecular formula is C21H16ClNO3. The lowest BCUT2D eigenvalue weighted by Gasteiger charge is -2.27. The van der Waals surface area contributed by atoms with Gasteiger partial charge < -0.3 is 9.64 Å². The Kier molecular flexibility index (Phi) is 5.34. The van der Waals surface area contributed by atoms with E-state index in [2.05, 4.69) is 0 Å². The highest BCUT2D eigenvalue weighted by Gasteiger charge is 2.17. The summed E-state index contributed by atoms with van der Waals surface area (Å²) in [6, 6.07) is 19.7. The Morgan fingerprint density at radius 1 is 0.808 bits per heavy atom. The van der Waals surface area contributed by atoms with Crippen LogP contribution in [0.1, 0.15) is 20.7 Å². The summed E-state index contributed by atoms with van der Waals surface area (Å²) < 4.78 is 5.50. The van der Waals surface area contributed by atoms with E-state index >= 15 is 0 Å². The summed E-state index contributed by atoms with van der Waals surface area (Å²) in [5.41, 5.74) is 3.58. The molecule has 0 atom stereocenters. The lowest BCUT2D eigenvalue weighted by Crippen LogP contribution is -2.11. The summed E-state index contributed by atoms with van der Waals surface area (Å²) >= 11 is 6.21. The Labute approximate surface area is 156 Å². The van der Waals surface area contributed by atoms with Crippen LogP contribution in [0.4, 0.5) is 17.1 Å². The Balaban J connectivity index is 2.19. The molecule has 0 unspecified atom stereocenters. The van der Waals surface area contributed by atoms with Crippen LogP contribution < -0.4 is 9.64 Å². The first-order chi connectivity index (χ1) is 12.7. The molecule has 0 saturated heterocycles. The van der Waals surface area contributed by atoms with Crippen molar-refractivity contribution in [1.29, 1.82) is 0 Å². The van der Waals surface area contributed by atoms with Crippen LogP contribution in [0.25, 0.3) is 0 Å². The smallest absolute Gasteiger partial charge is 0.150 e. The largest absolute Gasteiger partial charge is 0.495 e. The molecule has 0 aromatic heterocycles. The van der Waals surface area contributed by atoms with Crippen molar-refractivity contribution in [3.63, 3.8) is 0 Å². The van der Waals surface area contributed by atoms with Crippen molar-refractivity contribution in [1.82, 2.24) is 0 Å². The molecule has 0 aliphatic rings. The quantitative estimate of drug-likeness (QED) is 0.545. The number of ether oxygens (including phenoxy) is 1. The van der Waals surface area contributed by atoms with Crippen LogP contribution in [-0.2, 0) is 0 Å². The van der Waals surface area contributed by atoms with E-state index in [1.807, 2.05) is 35.2 Å². The van der Waals surface area contributed by atoms with Crippen LogP contribution in [0.3, 0.4) is 0 Å². The molecule has 0 aliphatic carbocycles. The predicted molar refractivity (Wildman–Crippen MR) is 103 cm³/mol. The predicted octanol–water partition coefficient (Wildman–Crippen LogP) is 5.44. The maximum atomic E-state index is 11.0. The van der Waals surface area contributed by atoms with Crippen molar-refractivity contribution in [2.45, 2.75) is 0 Å². The van der Waals surface area contributed by atoms with E-state index in [1.54, 1.807) is 43.5 Å². The summed E-state index contributed by atoms with van der Waals surface area (Å²) in [4.78, 5) is 23.9. The molecule has 130 valence electrons. The standard InChI is InChI=1S/C21H16ClNO3/c1-26-21-11-6-17(22)12-20(21)23(18-7-2-15(13-24)3-8-18)19-9-4-16(14-25)5-10-19/h2-14H,1H3. The van der Waals surface area contributed by atoms with E-state index in [-0.39, 0.29) is 0 Å². The van der Waals surface area contributed by atoms with Crippen LogP contribution in [0.15, 0.2) is 66.7 Å². The molecule has 26 heavy (non-hydrogen) atoms. The molecule has 4 nitrogen and oxygen atoms in total. The van der Waals surface area contributed by atoms with Gasteiger partial charge in [-0.15, -0.1) is 0 Å². The third kappa shape index (κ3) is 3.60. The number of anilines is 3. The number of hydrogen-bond donors (Lipinski definition) is 0. The van der Waals surface area contributed by atoms with Crippen molar-refractivity contribution in [2.24, 2.45) is 0 Å². The van der Waals surface area contributed by atoms with Gasteiger partial charge in [0, 0.05) is 27.5 Å². The molecule has 0 amide bonds. The summed E-state index contributed by atoms with van der Waals surface area (Å²) in [5.74, 6) is 0.647. The fourth-order valence-electron chi connectivity index (χ4n) is 2.67. The van der Waals surface area contributed by atoms with Gasteiger partial charge >= 0.3 is 0 Å². The van der Waals surface area contributed by atoms with Gasteiger partial charge in [-0.2, -0.15) is 0 Å². The van der Waals surface area contributed by atoms with Crippen molar-refractivity contribution in [2.75, 3.05) is 12.0 Å². The molecular weight excluding hydrogens is 350 g/mol. The molecule has 0 bridgehead atoms. The fourth-order valence-corrected chi connectivity index (χ4v) is 2.84. The molecule has 0 saturated carbocycles. The van der Waals surface area contributed by atoms with Gasteiger partial charge in [0.05, 0.1) is 12.8 Å².